The Labute approximate surface area is 263 Å². The van der Waals surface area contributed by atoms with Gasteiger partial charge in [0.15, 0.2) is 5.72 Å². The molecule has 0 bridgehead atoms. The van der Waals surface area contributed by atoms with E-state index in [1.54, 1.807) is 0 Å². The van der Waals surface area contributed by atoms with Crippen molar-refractivity contribution < 1.29 is 55.0 Å². The number of carbonyl (C=O) groups is 3. The van der Waals surface area contributed by atoms with E-state index in [1.165, 1.54) is 20.8 Å². The van der Waals surface area contributed by atoms with Crippen LogP contribution >= 0.6 is 11.6 Å². The van der Waals surface area contributed by atoms with Gasteiger partial charge in [-0.15, -0.1) is 0 Å². The minimum absolute atomic E-state index is 0.160. The summed E-state index contributed by atoms with van der Waals surface area (Å²) in [4.78, 5) is 40.2. The SMILES string of the molecule is [2H]C([2H])([2H])N(Cc1cc(NC(=O)c2cc(F)cc(C(F)(F)F)c2)c2c(c1OC)C(=O)NC2(O)c1cc(F)ccc1Cl)C(=O)OC(C)(C)C. The monoisotopic (exact) mass is 658 g/mol. The van der Waals surface area contributed by atoms with Crippen molar-refractivity contribution in [2.24, 2.45) is 0 Å². The topological polar surface area (TPSA) is 117 Å². The first-order valence-electron chi connectivity index (χ1n) is 14.4. The van der Waals surface area contributed by atoms with Gasteiger partial charge in [-0.05, 0) is 63.2 Å². The smallest absolute Gasteiger partial charge is 0.416 e. The second-order valence-electron chi connectivity index (χ2n) is 10.9. The van der Waals surface area contributed by atoms with E-state index in [0.29, 0.717) is 17.0 Å². The average Bonchev–Trinajstić information content (AvgIpc) is 3.21. The van der Waals surface area contributed by atoms with Gasteiger partial charge in [0.05, 0.1) is 30.5 Å². The number of ether oxygens (including phenoxy) is 2. The van der Waals surface area contributed by atoms with Crippen molar-refractivity contribution in [3.05, 3.63) is 92.5 Å². The molecular weight excluding hydrogens is 629 g/mol. The van der Waals surface area contributed by atoms with Gasteiger partial charge in [-0.3, -0.25) is 9.59 Å². The van der Waals surface area contributed by atoms with Crippen LogP contribution in [0.25, 0.3) is 0 Å². The van der Waals surface area contributed by atoms with E-state index in [2.05, 4.69) is 10.6 Å². The molecule has 240 valence electrons. The van der Waals surface area contributed by atoms with E-state index in [-0.39, 0.29) is 16.7 Å². The quantitative estimate of drug-likeness (QED) is 0.272. The van der Waals surface area contributed by atoms with E-state index in [4.69, 9.17) is 25.2 Å². The number of fused-ring (bicyclic) bond motifs is 1. The maximum atomic E-state index is 14.4. The number of anilines is 1. The van der Waals surface area contributed by atoms with Crippen LogP contribution in [0.3, 0.4) is 0 Å². The molecule has 3 amide bonds. The van der Waals surface area contributed by atoms with Gasteiger partial charge in [-0.25, -0.2) is 13.6 Å². The van der Waals surface area contributed by atoms with Crippen LogP contribution in [0.1, 0.15) is 67.9 Å². The maximum Gasteiger partial charge on any atom is 0.416 e. The molecule has 1 aliphatic heterocycles. The molecule has 0 fully saturated rings. The number of methoxy groups -OCH3 is 1. The lowest BCUT2D eigenvalue weighted by Gasteiger charge is -2.29. The Balaban J connectivity index is 1.99. The first-order valence-corrected chi connectivity index (χ1v) is 13.3. The molecule has 1 heterocycles. The van der Waals surface area contributed by atoms with E-state index in [1.807, 2.05) is 0 Å². The van der Waals surface area contributed by atoms with Crippen LogP contribution in [0.4, 0.5) is 32.4 Å². The maximum absolute atomic E-state index is 14.4. The number of halogens is 6. The molecule has 3 aromatic carbocycles. The summed E-state index contributed by atoms with van der Waals surface area (Å²) < 4.78 is 103. The largest absolute Gasteiger partial charge is 0.496 e. The number of hydrogen-bond acceptors (Lipinski definition) is 6. The van der Waals surface area contributed by atoms with Crippen LogP contribution in [0, 0.1) is 11.6 Å². The van der Waals surface area contributed by atoms with Gasteiger partial charge in [0, 0.05) is 38.4 Å². The highest BCUT2D eigenvalue weighted by molar-refractivity contribution is 6.31. The molecule has 1 aliphatic rings. The molecule has 0 saturated carbocycles. The van der Waals surface area contributed by atoms with E-state index in [9.17, 15) is 41.4 Å². The third-order valence-electron chi connectivity index (χ3n) is 6.44. The number of hydrogen-bond donors (Lipinski definition) is 3. The third kappa shape index (κ3) is 6.81. The molecule has 45 heavy (non-hydrogen) atoms. The van der Waals surface area contributed by atoms with Gasteiger partial charge in [0.1, 0.15) is 23.0 Å². The predicted octanol–water partition coefficient (Wildman–Crippen LogP) is 6.20. The van der Waals surface area contributed by atoms with E-state index < -0.39 is 99.8 Å². The molecule has 3 N–H and O–H groups in total. The standard InChI is InChI=1S/C30H27ClF5N3O6/c1-28(2,3)45-27(42)39(4)13-15-10-21(37-25(40)14-8-16(30(34,35)36)11-18(33)9-14)23-22(24(15)44-5)26(41)38-29(23,43)19-12-17(32)6-7-20(19)31/h6-12,43H,13H2,1-5H3,(H,37,40)(H,38,41)/i4D3. The lowest BCUT2D eigenvalue weighted by Crippen LogP contribution is -2.41. The second kappa shape index (κ2) is 11.8. The Hall–Kier alpha value is -4.43. The Morgan fingerprint density at radius 3 is 2.40 bits per heavy atom. The Morgan fingerprint density at radius 2 is 1.80 bits per heavy atom. The van der Waals surface area contributed by atoms with Gasteiger partial charge >= 0.3 is 12.3 Å². The minimum Gasteiger partial charge on any atom is -0.496 e. The molecule has 0 aliphatic carbocycles. The molecule has 9 nitrogen and oxygen atoms in total. The fraction of sp³-hybridized carbons (Fsp3) is 0.300. The van der Waals surface area contributed by atoms with Crippen molar-refractivity contribution in [1.29, 1.82) is 0 Å². The zero-order valence-electron chi connectivity index (χ0n) is 27.0. The summed E-state index contributed by atoms with van der Waals surface area (Å²) in [5.74, 6) is -5.21. The third-order valence-corrected chi connectivity index (χ3v) is 6.77. The molecule has 0 spiro atoms. The summed E-state index contributed by atoms with van der Waals surface area (Å²) in [5.41, 5.74) is -8.57. The first kappa shape index (κ1) is 29.3. The molecule has 0 saturated heterocycles. The van der Waals surface area contributed by atoms with Crippen molar-refractivity contribution in [3.8, 4) is 5.75 Å². The van der Waals surface area contributed by atoms with E-state index in [0.717, 1.165) is 31.4 Å². The highest BCUT2D eigenvalue weighted by Crippen LogP contribution is 2.47. The van der Waals surface area contributed by atoms with E-state index >= 15 is 0 Å². The van der Waals surface area contributed by atoms with Crippen molar-refractivity contribution in [2.45, 2.75) is 44.8 Å². The molecule has 0 radical (unpaired) electrons. The van der Waals surface area contributed by atoms with Gasteiger partial charge in [0.2, 0.25) is 0 Å². The highest BCUT2D eigenvalue weighted by Gasteiger charge is 2.49. The van der Waals surface area contributed by atoms with Crippen LogP contribution < -0.4 is 15.4 Å². The molecule has 15 heteroatoms. The normalized spacial score (nSPS) is 17.4. The number of nitrogens with zero attached hydrogens (tertiary/aromatic N) is 1. The lowest BCUT2D eigenvalue weighted by atomic mass is 9.90. The summed E-state index contributed by atoms with van der Waals surface area (Å²) in [6.07, 6.45) is -6.36. The van der Waals surface area contributed by atoms with Crippen molar-refractivity contribution in [3.63, 3.8) is 0 Å². The fourth-order valence-corrected chi connectivity index (χ4v) is 4.91. The summed E-state index contributed by atoms with van der Waals surface area (Å²) >= 11 is 6.26. The molecule has 0 aromatic heterocycles. The Kier molecular flexibility index (Phi) is 7.69. The van der Waals surface area contributed by atoms with Gasteiger partial charge in [0.25, 0.3) is 11.8 Å². The van der Waals surface area contributed by atoms with Crippen molar-refractivity contribution in [1.82, 2.24) is 10.2 Å². The van der Waals surface area contributed by atoms with Gasteiger partial charge < -0.3 is 30.1 Å². The van der Waals surface area contributed by atoms with Gasteiger partial charge in [-0.1, -0.05) is 11.6 Å². The average molecular weight is 659 g/mol. The molecule has 4 rings (SSSR count). The summed E-state index contributed by atoms with van der Waals surface area (Å²) in [5, 5.41) is 16.1. The predicted molar refractivity (Wildman–Crippen MR) is 152 cm³/mol. The number of amides is 3. The number of nitrogens with one attached hydrogen (secondary N) is 2. The molecule has 3 aromatic rings. The van der Waals surface area contributed by atoms with Crippen LogP contribution in [0.5, 0.6) is 5.75 Å². The fourth-order valence-electron chi connectivity index (χ4n) is 4.66. The molecule has 1 unspecified atom stereocenters. The Morgan fingerprint density at radius 1 is 1.11 bits per heavy atom. The van der Waals surface area contributed by atoms with Crippen LogP contribution in [0.2, 0.25) is 5.02 Å². The summed E-state index contributed by atoms with van der Waals surface area (Å²) in [6.45, 7) is 0.418. The number of rotatable bonds is 6. The van der Waals surface area contributed by atoms with Crippen LogP contribution in [-0.2, 0) is 23.2 Å². The zero-order chi connectivity index (χ0) is 36.1. The highest BCUT2D eigenvalue weighted by atomic mass is 35.5. The molecular formula is C30H27ClF5N3O6. The Bertz CT molecular complexity index is 1820. The zero-order valence-corrected chi connectivity index (χ0v) is 24.7. The minimum atomic E-state index is -5.04. The number of benzene rings is 3. The lowest BCUT2D eigenvalue weighted by molar-refractivity contribution is -0.137. The number of carbonyl (C=O) groups excluding carboxylic acids is 3. The molecule has 1 atom stereocenters. The second-order valence-corrected chi connectivity index (χ2v) is 11.3. The van der Waals surface area contributed by atoms with Crippen molar-refractivity contribution in [2.75, 3.05) is 19.4 Å². The van der Waals surface area contributed by atoms with Crippen molar-refractivity contribution >= 4 is 35.2 Å². The van der Waals surface area contributed by atoms with Gasteiger partial charge in [-0.2, -0.15) is 13.2 Å². The first-order chi connectivity index (χ1) is 22.0. The summed E-state index contributed by atoms with van der Waals surface area (Å²) in [7, 11) is 1.07. The number of alkyl halides is 3. The van der Waals surface area contributed by atoms with Crippen LogP contribution in [-0.4, -0.2) is 47.6 Å². The van der Waals surface area contributed by atoms with Crippen LogP contribution in [0.15, 0.2) is 42.5 Å². The summed E-state index contributed by atoms with van der Waals surface area (Å²) in [6, 6.07) is 4.74. The number of aliphatic hydroxyl groups is 1.